The SMILES string of the molecule is Cc1ncsc1C(=O)NCCCC(=O)OC1CCC12CCC2. The van der Waals surface area contributed by atoms with Crippen molar-refractivity contribution >= 4 is 23.2 Å². The molecule has 1 spiro atoms. The minimum atomic E-state index is -0.126. The number of thiazole rings is 1. The van der Waals surface area contributed by atoms with Crippen molar-refractivity contribution in [1.29, 1.82) is 0 Å². The molecule has 0 aromatic carbocycles. The highest BCUT2D eigenvalue weighted by atomic mass is 32.1. The van der Waals surface area contributed by atoms with E-state index in [1.165, 1.54) is 37.0 Å². The second kappa shape index (κ2) is 6.36. The van der Waals surface area contributed by atoms with E-state index in [1.54, 1.807) is 5.51 Å². The van der Waals surface area contributed by atoms with Gasteiger partial charge in [0.2, 0.25) is 0 Å². The Morgan fingerprint density at radius 1 is 1.45 bits per heavy atom. The zero-order valence-corrected chi connectivity index (χ0v) is 13.7. The van der Waals surface area contributed by atoms with Crippen molar-refractivity contribution in [2.24, 2.45) is 5.41 Å². The van der Waals surface area contributed by atoms with Crippen molar-refractivity contribution in [2.75, 3.05) is 6.54 Å². The highest BCUT2D eigenvalue weighted by molar-refractivity contribution is 7.11. The van der Waals surface area contributed by atoms with Gasteiger partial charge in [-0.15, -0.1) is 11.3 Å². The molecule has 0 radical (unpaired) electrons. The Morgan fingerprint density at radius 2 is 2.27 bits per heavy atom. The summed E-state index contributed by atoms with van der Waals surface area (Å²) in [5.41, 5.74) is 2.75. The van der Waals surface area contributed by atoms with Gasteiger partial charge in [-0.25, -0.2) is 4.98 Å². The number of amides is 1. The first kappa shape index (κ1) is 15.5. The number of nitrogens with zero attached hydrogens (tertiary/aromatic N) is 1. The Labute approximate surface area is 134 Å². The van der Waals surface area contributed by atoms with Gasteiger partial charge in [0.1, 0.15) is 11.0 Å². The lowest BCUT2D eigenvalue weighted by molar-refractivity contribution is -0.181. The van der Waals surface area contributed by atoms with Gasteiger partial charge in [-0.05, 0) is 39.0 Å². The van der Waals surface area contributed by atoms with Crippen molar-refractivity contribution in [2.45, 2.75) is 58.0 Å². The van der Waals surface area contributed by atoms with Crippen molar-refractivity contribution in [1.82, 2.24) is 10.3 Å². The number of hydrogen-bond donors (Lipinski definition) is 1. The van der Waals surface area contributed by atoms with Crippen molar-refractivity contribution in [3.63, 3.8) is 0 Å². The van der Waals surface area contributed by atoms with Crippen LogP contribution >= 0.6 is 11.3 Å². The molecule has 0 bridgehead atoms. The molecule has 22 heavy (non-hydrogen) atoms. The van der Waals surface area contributed by atoms with E-state index in [-0.39, 0.29) is 18.0 Å². The maximum Gasteiger partial charge on any atom is 0.306 e. The van der Waals surface area contributed by atoms with E-state index in [4.69, 9.17) is 4.74 Å². The number of esters is 1. The van der Waals surface area contributed by atoms with Crippen molar-refractivity contribution < 1.29 is 14.3 Å². The summed E-state index contributed by atoms with van der Waals surface area (Å²) in [7, 11) is 0. The summed E-state index contributed by atoms with van der Waals surface area (Å²) in [6.45, 7) is 2.30. The van der Waals surface area contributed by atoms with Gasteiger partial charge < -0.3 is 10.1 Å². The number of carbonyl (C=O) groups excluding carboxylic acids is 2. The first-order valence-electron chi connectivity index (χ1n) is 7.98. The van der Waals surface area contributed by atoms with Crippen LogP contribution in [-0.4, -0.2) is 29.5 Å². The molecule has 2 saturated carbocycles. The third kappa shape index (κ3) is 3.02. The zero-order chi connectivity index (χ0) is 15.6. The van der Waals surface area contributed by atoms with E-state index in [0.29, 0.717) is 29.7 Å². The molecule has 3 rings (SSSR count). The van der Waals surface area contributed by atoms with Crippen LogP contribution in [0.25, 0.3) is 0 Å². The summed E-state index contributed by atoms with van der Waals surface area (Å²) in [4.78, 5) is 28.4. The summed E-state index contributed by atoms with van der Waals surface area (Å²) in [5.74, 6) is -0.236. The molecule has 0 saturated heterocycles. The molecule has 1 aromatic heterocycles. The molecule has 1 heterocycles. The average Bonchev–Trinajstić information content (AvgIpc) is 2.84. The molecule has 6 heteroatoms. The summed E-state index contributed by atoms with van der Waals surface area (Å²) in [6, 6.07) is 0. The van der Waals surface area contributed by atoms with Crippen LogP contribution in [0.4, 0.5) is 0 Å². The zero-order valence-electron chi connectivity index (χ0n) is 12.9. The predicted octanol–water partition coefficient (Wildman–Crippen LogP) is 2.84. The maximum atomic E-state index is 11.9. The Balaban J connectivity index is 1.32. The molecule has 5 nitrogen and oxygen atoms in total. The Kier molecular flexibility index (Phi) is 4.47. The normalized spacial score (nSPS) is 21.8. The van der Waals surface area contributed by atoms with Crippen LogP contribution in [0.2, 0.25) is 0 Å². The molecule has 120 valence electrons. The first-order chi connectivity index (χ1) is 10.6. The quantitative estimate of drug-likeness (QED) is 0.646. The van der Waals surface area contributed by atoms with E-state index in [2.05, 4.69) is 10.3 Å². The van der Waals surface area contributed by atoms with Crippen LogP contribution < -0.4 is 5.32 Å². The molecule has 2 fully saturated rings. The molecular weight excluding hydrogens is 300 g/mol. The van der Waals surface area contributed by atoms with Crippen LogP contribution in [0.3, 0.4) is 0 Å². The summed E-state index contributed by atoms with van der Waals surface area (Å²) >= 11 is 1.33. The lowest BCUT2D eigenvalue weighted by Gasteiger charge is -2.54. The van der Waals surface area contributed by atoms with Crippen molar-refractivity contribution in [3.05, 3.63) is 16.1 Å². The Morgan fingerprint density at radius 3 is 2.82 bits per heavy atom. The first-order valence-corrected chi connectivity index (χ1v) is 8.86. The van der Waals surface area contributed by atoms with Crippen LogP contribution in [-0.2, 0) is 9.53 Å². The minimum Gasteiger partial charge on any atom is -0.462 e. The van der Waals surface area contributed by atoms with Gasteiger partial charge >= 0.3 is 5.97 Å². The molecule has 2 aliphatic rings. The fraction of sp³-hybridized carbons (Fsp3) is 0.688. The van der Waals surface area contributed by atoms with E-state index in [9.17, 15) is 9.59 Å². The van der Waals surface area contributed by atoms with Gasteiger partial charge in [0.05, 0.1) is 11.2 Å². The lowest BCUT2D eigenvalue weighted by atomic mass is 9.54. The standard InChI is InChI=1S/C16H22N2O3S/c1-11-14(22-10-18-11)15(20)17-9-2-4-13(19)21-12-5-8-16(12)6-3-7-16/h10,12H,2-9H2,1H3,(H,17,20). The van der Waals surface area contributed by atoms with E-state index in [1.807, 2.05) is 6.92 Å². The lowest BCUT2D eigenvalue weighted by Crippen LogP contribution is -2.51. The van der Waals surface area contributed by atoms with Crippen LogP contribution in [0.15, 0.2) is 5.51 Å². The summed E-state index contributed by atoms with van der Waals surface area (Å²) < 4.78 is 5.58. The van der Waals surface area contributed by atoms with E-state index >= 15 is 0 Å². The van der Waals surface area contributed by atoms with E-state index < -0.39 is 0 Å². The van der Waals surface area contributed by atoms with Gasteiger partial charge in [0.15, 0.2) is 0 Å². The predicted molar refractivity (Wildman–Crippen MR) is 83.8 cm³/mol. The molecule has 1 amide bonds. The third-order valence-corrected chi connectivity index (χ3v) is 5.93. The number of nitrogens with one attached hydrogen (secondary N) is 1. The molecule has 1 atom stereocenters. The van der Waals surface area contributed by atoms with Gasteiger partial charge in [-0.1, -0.05) is 6.42 Å². The molecule has 1 unspecified atom stereocenters. The average molecular weight is 322 g/mol. The van der Waals surface area contributed by atoms with E-state index in [0.717, 1.165) is 12.1 Å². The van der Waals surface area contributed by atoms with Gasteiger partial charge in [0.25, 0.3) is 5.91 Å². The second-order valence-corrected chi connectivity index (χ2v) is 7.21. The van der Waals surface area contributed by atoms with Crippen LogP contribution in [0.5, 0.6) is 0 Å². The third-order valence-electron chi connectivity index (χ3n) is 5.01. The topological polar surface area (TPSA) is 68.3 Å². The Hall–Kier alpha value is -1.43. The molecule has 1 N–H and O–H groups in total. The van der Waals surface area contributed by atoms with Crippen LogP contribution in [0, 0.1) is 12.3 Å². The molecule has 2 aliphatic carbocycles. The van der Waals surface area contributed by atoms with Gasteiger partial charge in [0, 0.05) is 18.4 Å². The fourth-order valence-electron chi connectivity index (χ4n) is 3.31. The van der Waals surface area contributed by atoms with Gasteiger partial charge in [-0.3, -0.25) is 9.59 Å². The number of carbonyl (C=O) groups is 2. The fourth-order valence-corrected chi connectivity index (χ4v) is 4.03. The highest BCUT2D eigenvalue weighted by Crippen LogP contribution is 2.57. The summed E-state index contributed by atoms with van der Waals surface area (Å²) in [6.07, 6.45) is 7.09. The second-order valence-electron chi connectivity index (χ2n) is 6.36. The van der Waals surface area contributed by atoms with Crippen LogP contribution in [0.1, 0.15) is 60.3 Å². The highest BCUT2D eigenvalue weighted by Gasteiger charge is 2.52. The molecular formula is C16H22N2O3S. The number of rotatable bonds is 6. The number of hydrogen-bond acceptors (Lipinski definition) is 5. The summed E-state index contributed by atoms with van der Waals surface area (Å²) in [5, 5.41) is 2.82. The Bertz CT molecular complexity index is 560. The number of ether oxygens (including phenoxy) is 1. The number of aryl methyl sites for hydroxylation is 1. The largest absolute Gasteiger partial charge is 0.462 e. The minimum absolute atomic E-state index is 0.110. The number of aromatic nitrogens is 1. The molecule has 0 aliphatic heterocycles. The van der Waals surface area contributed by atoms with Gasteiger partial charge in [-0.2, -0.15) is 0 Å². The monoisotopic (exact) mass is 322 g/mol. The maximum absolute atomic E-state index is 11.9. The van der Waals surface area contributed by atoms with Crippen molar-refractivity contribution in [3.8, 4) is 0 Å². The molecule has 1 aromatic rings. The smallest absolute Gasteiger partial charge is 0.306 e.